The maximum absolute atomic E-state index is 13.7. The van der Waals surface area contributed by atoms with Gasteiger partial charge in [0.25, 0.3) is 0 Å². The highest BCUT2D eigenvalue weighted by molar-refractivity contribution is 7.98. The number of benzene rings is 1. The van der Waals surface area contributed by atoms with Gasteiger partial charge in [0.15, 0.2) is 0 Å². The first kappa shape index (κ1) is 10.6. The molecule has 4 heteroatoms. The van der Waals surface area contributed by atoms with Gasteiger partial charge in [-0.2, -0.15) is 0 Å². The minimum absolute atomic E-state index is 0.198. The second kappa shape index (κ2) is 4.33. The molecule has 0 aliphatic heterocycles. The number of rotatable bonds is 2. The molecule has 0 amide bonds. The molecule has 1 heterocycles. The quantitative estimate of drug-likeness (QED) is 0.735. The first-order valence-electron chi connectivity index (χ1n) is 4.47. The second-order valence-electron chi connectivity index (χ2n) is 3.09. The van der Waals surface area contributed by atoms with Gasteiger partial charge in [0, 0.05) is 16.0 Å². The molecule has 0 N–H and O–H groups in total. The fourth-order valence-electron chi connectivity index (χ4n) is 1.35. The lowest BCUT2D eigenvalue weighted by Crippen LogP contribution is -1.86. The zero-order valence-corrected chi connectivity index (χ0v) is 10.1. The summed E-state index contributed by atoms with van der Waals surface area (Å²) in [5, 5.41) is 0.759. The van der Waals surface area contributed by atoms with Gasteiger partial charge in [-0.05, 0) is 25.3 Å². The topological polar surface area (TPSA) is 12.9 Å². The van der Waals surface area contributed by atoms with Crippen molar-refractivity contribution >= 4 is 23.1 Å². The highest BCUT2D eigenvalue weighted by atomic mass is 32.2. The van der Waals surface area contributed by atoms with Gasteiger partial charge in [0.05, 0.1) is 5.56 Å². The van der Waals surface area contributed by atoms with E-state index in [9.17, 15) is 4.39 Å². The minimum atomic E-state index is -0.198. The summed E-state index contributed by atoms with van der Waals surface area (Å²) in [7, 11) is 0. The molecule has 78 valence electrons. The molecule has 0 saturated heterocycles. The van der Waals surface area contributed by atoms with Crippen molar-refractivity contribution in [1.29, 1.82) is 0 Å². The first-order valence-corrected chi connectivity index (χ1v) is 6.52. The molecule has 0 aliphatic carbocycles. The Morgan fingerprint density at radius 3 is 2.80 bits per heavy atom. The molecule has 0 unspecified atom stereocenters. The molecule has 0 radical (unpaired) electrons. The van der Waals surface area contributed by atoms with E-state index in [1.165, 1.54) is 17.4 Å². The highest BCUT2D eigenvalue weighted by Gasteiger charge is 2.12. The van der Waals surface area contributed by atoms with Crippen LogP contribution < -0.4 is 0 Å². The third-order valence-corrected chi connectivity index (χ3v) is 3.74. The smallest absolute Gasteiger partial charge is 0.134 e. The van der Waals surface area contributed by atoms with Gasteiger partial charge in [-0.15, -0.1) is 23.1 Å². The molecule has 0 atom stereocenters. The van der Waals surface area contributed by atoms with Crippen LogP contribution in [0.1, 0.15) is 4.88 Å². The van der Waals surface area contributed by atoms with Crippen LogP contribution in [0.4, 0.5) is 4.39 Å². The summed E-state index contributed by atoms with van der Waals surface area (Å²) >= 11 is 3.06. The lowest BCUT2D eigenvalue weighted by atomic mass is 10.2. The maximum Gasteiger partial charge on any atom is 0.134 e. The van der Waals surface area contributed by atoms with E-state index in [1.54, 1.807) is 24.0 Å². The van der Waals surface area contributed by atoms with Crippen LogP contribution in [-0.4, -0.2) is 11.2 Å². The van der Waals surface area contributed by atoms with Gasteiger partial charge in [-0.1, -0.05) is 6.07 Å². The van der Waals surface area contributed by atoms with E-state index in [1.807, 2.05) is 19.2 Å². The monoisotopic (exact) mass is 239 g/mol. The molecular weight excluding hydrogens is 229 g/mol. The zero-order valence-electron chi connectivity index (χ0n) is 8.45. The minimum Gasteiger partial charge on any atom is -0.244 e. The van der Waals surface area contributed by atoms with Gasteiger partial charge >= 0.3 is 0 Å². The Hall–Kier alpha value is -0.870. The van der Waals surface area contributed by atoms with E-state index < -0.39 is 0 Å². The van der Waals surface area contributed by atoms with Gasteiger partial charge in [0.2, 0.25) is 0 Å². The molecule has 0 saturated carbocycles. The number of halogens is 1. The van der Waals surface area contributed by atoms with Crippen LogP contribution in [0.5, 0.6) is 0 Å². The second-order valence-corrected chi connectivity index (χ2v) is 5.18. The summed E-state index contributed by atoms with van der Waals surface area (Å²) in [6.07, 6.45) is 3.72. The Morgan fingerprint density at radius 1 is 1.40 bits per heavy atom. The fourth-order valence-corrected chi connectivity index (χ4v) is 2.86. The van der Waals surface area contributed by atoms with E-state index in [0.717, 1.165) is 14.8 Å². The number of hydrogen-bond acceptors (Lipinski definition) is 3. The zero-order chi connectivity index (χ0) is 10.8. The molecule has 0 bridgehead atoms. The van der Waals surface area contributed by atoms with Crippen LogP contribution >= 0.6 is 23.1 Å². The highest BCUT2D eigenvalue weighted by Crippen LogP contribution is 2.34. The normalized spacial score (nSPS) is 10.6. The van der Waals surface area contributed by atoms with Crippen molar-refractivity contribution in [3.05, 3.63) is 35.1 Å². The molecule has 1 aromatic carbocycles. The maximum atomic E-state index is 13.7. The number of nitrogens with zero attached hydrogens (tertiary/aromatic N) is 1. The van der Waals surface area contributed by atoms with Crippen molar-refractivity contribution in [2.75, 3.05) is 6.26 Å². The average Bonchev–Trinajstić information content (AvgIpc) is 2.64. The third kappa shape index (κ3) is 2.06. The van der Waals surface area contributed by atoms with Crippen molar-refractivity contribution in [2.24, 2.45) is 0 Å². The van der Waals surface area contributed by atoms with Gasteiger partial charge in [0.1, 0.15) is 10.8 Å². The molecule has 2 rings (SSSR count). The lowest BCUT2D eigenvalue weighted by Gasteiger charge is -2.04. The molecule has 0 fully saturated rings. The van der Waals surface area contributed by atoms with E-state index >= 15 is 0 Å². The van der Waals surface area contributed by atoms with Crippen LogP contribution in [0, 0.1) is 12.7 Å². The van der Waals surface area contributed by atoms with Crippen molar-refractivity contribution in [1.82, 2.24) is 4.98 Å². The number of thioether (sulfide) groups is 1. The molecule has 0 spiro atoms. The number of aryl methyl sites for hydroxylation is 1. The summed E-state index contributed by atoms with van der Waals surface area (Å²) in [6, 6.07) is 5.12. The van der Waals surface area contributed by atoms with Gasteiger partial charge < -0.3 is 0 Å². The standard InChI is InChI=1S/C11H10FNS2/c1-7-6-13-11(15-7)10-8(12)4-3-5-9(10)14-2/h3-6H,1-2H3. The van der Waals surface area contributed by atoms with Crippen molar-refractivity contribution in [2.45, 2.75) is 11.8 Å². The van der Waals surface area contributed by atoms with Crippen LogP contribution in [0.25, 0.3) is 10.6 Å². The van der Waals surface area contributed by atoms with Gasteiger partial charge in [-0.25, -0.2) is 9.37 Å². The van der Waals surface area contributed by atoms with Crippen LogP contribution in [0.15, 0.2) is 29.3 Å². The summed E-state index contributed by atoms with van der Waals surface area (Å²) in [5.41, 5.74) is 0.628. The molecule has 15 heavy (non-hydrogen) atoms. The summed E-state index contributed by atoms with van der Waals surface area (Å²) in [6.45, 7) is 1.97. The predicted molar refractivity (Wildman–Crippen MR) is 64.0 cm³/mol. The third-order valence-electron chi connectivity index (χ3n) is 2.03. The number of aromatic nitrogens is 1. The summed E-state index contributed by atoms with van der Waals surface area (Å²) < 4.78 is 13.7. The molecule has 1 nitrogen and oxygen atoms in total. The van der Waals surface area contributed by atoms with Crippen LogP contribution in [0.2, 0.25) is 0 Å². The van der Waals surface area contributed by atoms with E-state index in [4.69, 9.17) is 0 Å². The predicted octanol–water partition coefficient (Wildman–Crippen LogP) is 3.98. The van der Waals surface area contributed by atoms with E-state index in [-0.39, 0.29) is 5.82 Å². The molecular formula is C11H10FNS2. The van der Waals surface area contributed by atoms with Gasteiger partial charge in [-0.3, -0.25) is 0 Å². The Balaban J connectivity index is 2.60. The lowest BCUT2D eigenvalue weighted by molar-refractivity contribution is 0.628. The number of hydrogen-bond donors (Lipinski definition) is 0. The van der Waals surface area contributed by atoms with Crippen LogP contribution in [-0.2, 0) is 0 Å². The molecule has 0 aliphatic rings. The van der Waals surface area contributed by atoms with Crippen LogP contribution in [0.3, 0.4) is 0 Å². The summed E-state index contributed by atoms with van der Waals surface area (Å²) in [4.78, 5) is 6.25. The van der Waals surface area contributed by atoms with E-state index in [2.05, 4.69) is 4.98 Å². The average molecular weight is 239 g/mol. The SMILES string of the molecule is CSc1cccc(F)c1-c1ncc(C)s1. The van der Waals surface area contributed by atoms with E-state index in [0.29, 0.717) is 5.56 Å². The Labute approximate surface area is 96.4 Å². The number of thiazole rings is 1. The fraction of sp³-hybridized carbons (Fsp3) is 0.182. The van der Waals surface area contributed by atoms with Crippen molar-refractivity contribution in [3.63, 3.8) is 0 Å². The first-order chi connectivity index (χ1) is 7.22. The van der Waals surface area contributed by atoms with Crippen molar-refractivity contribution in [3.8, 4) is 10.6 Å². The Morgan fingerprint density at radius 2 is 2.20 bits per heavy atom. The largest absolute Gasteiger partial charge is 0.244 e. The summed E-state index contributed by atoms with van der Waals surface area (Å²) in [5.74, 6) is -0.198. The Bertz CT molecular complexity index is 479. The Kier molecular flexibility index (Phi) is 3.07. The molecule has 1 aromatic heterocycles. The van der Waals surface area contributed by atoms with Crippen molar-refractivity contribution < 1.29 is 4.39 Å². The molecule has 2 aromatic rings.